The monoisotopic (exact) mass is 329 g/mol. The largest absolute Gasteiger partial charge is 0.481 e. The van der Waals surface area contributed by atoms with Gasteiger partial charge in [0.1, 0.15) is 0 Å². The molecule has 0 aliphatic heterocycles. The van der Waals surface area contributed by atoms with Crippen LogP contribution in [0.3, 0.4) is 0 Å². The summed E-state index contributed by atoms with van der Waals surface area (Å²) in [6.45, 7) is 6.53. The van der Waals surface area contributed by atoms with Gasteiger partial charge in [0.15, 0.2) is 0 Å². The SMILES string of the molecule is CSc1ccc(Cl)c(C(=O)NC(C)(C)C(C)(C)C(=O)O)c1. The number of aliphatic carboxylic acids is 1. The number of hydrogen-bond donors (Lipinski definition) is 2. The Morgan fingerprint density at radius 3 is 2.29 bits per heavy atom. The number of amides is 1. The van der Waals surface area contributed by atoms with Crippen molar-refractivity contribution in [2.75, 3.05) is 6.26 Å². The third-order valence-electron chi connectivity index (χ3n) is 3.94. The Morgan fingerprint density at radius 2 is 1.81 bits per heavy atom. The molecule has 0 heterocycles. The van der Waals surface area contributed by atoms with Crippen LogP contribution >= 0.6 is 23.4 Å². The van der Waals surface area contributed by atoms with Gasteiger partial charge in [0.05, 0.1) is 21.5 Å². The number of halogens is 1. The maximum atomic E-state index is 12.4. The van der Waals surface area contributed by atoms with Crippen LogP contribution in [0.4, 0.5) is 0 Å². The number of rotatable bonds is 5. The van der Waals surface area contributed by atoms with Gasteiger partial charge in [-0.3, -0.25) is 9.59 Å². The fourth-order valence-electron chi connectivity index (χ4n) is 1.58. The van der Waals surface area contributed by atoms with E-state index in [0.717, 1.165) is 4.90 Å². The van der Waals surface area contributed by atoms with Crippen LogP contribution in [0.15, 0.2) is 23.1 Å². The molecule has 0 unspecified atom stereocenters. The van der Waals surface area contributed by atoms with Gasteiger partial charge in [0.25, 0.3) is 5.91 Å². The van der Waals surface area contributed by atoms with E-state index in [4.69, 9.17) is 11.6 Å². The number of carboxylic acids is 1. The van der Waals surface area contributed by atoms with Crippen LogP contribution < -0.4 is 5.32 Å². The molecule has 0 saturated heterocycles. The number of carboxylic acid groups (broad SMARTS) is 1. The number of benzene rings is 1. The summed E-state index contributed by atoms with van der Waals surface area (Å²) in [5.41, 5.74) is -1.71. The van der Waals surface area contributed by atoms with Crippen LogP contribution in [0.5, 0.6) is 0 Å². The van der Waals surface area contributed by atoms with Gasteiger partial charge >= 0.3 is 5.97 Å². The molecular weight excluding hydrogens is 310 g/mol. The van der Waals surface area contributed by atoms with Gasteiger partial charge in [-0.05, 0) is 52.1 Å². The van der Waals surface area contributed by atoms with Crippen molar-refractivity contribution in [3.63, 3.8) is 0 Å². The summed E-state index contributed by atoms with van der Waals surface area (Å²) in [4.78, 5) is 24.7. The predicted octanol–water partition coefficient (Wildman–Crippen LogP) is 3.68. The minimum absolute atomic E-state index is 0.342. The van der Waals surface area contributed by atoms with Gasteiger partial charge in [0, 0.05) is 4.90 Å². The van der Waals surface area contributed by atoms with Crippen molar-refractivity contribution < 1.29 is 14.7 Å². The van der Waals surface area contributed by atoms with Crippen LogP contribution in [0.2, 0.25) is 5.02 Å². The molecule has 1 rings (SSSR count). The second-order valence-corrected chi connectivity index (χ2v) is 7.14. The Kier molecular flexibility index (Phi) is 5.34. The van der Waals surface area contributed by atoms with Crippen LogP contribution in [-0.4, -0.2) is 28.8 Å². The predicted molar refractivity (Wildman–Crippen MR) is 86.2 cm³/mol. The van der Waals surface area contributed by atoms with Crippen molar-refractivity contribution in [3.05, 3.63) is 28.8 Å². The smallest absolute Gasteiger partial charge is 0.311 e. The van der Waals surface area contributed by atoms with Crippen molar-refractivity contribution in [1.82, 2.24) is 5.32 Å². The highest BCUT2D eigenvalue weighted by atomic mass is 35.5. The maximum Gasteiger partial charge on any atom is 0.311 e. The molecule has 1 aromatic rings. The topological polar surface area (TPSA) is 66.4 Å². The molecule has 116 valence electrons. The normalized spacial score (nSPS) is 12.1. The lowest BCUT2D eigenvalue weighted by molar-refractivity contribution is -0.150. The lowest BCUT2D eigenvalue weighted by atomic mass is 9.74. The van der Waals surface area contributed by atoms with Gasteiger partial charge in [-0.25, -0.2) is 0 Å². The molecule has 0 spiro atoms. The summed E-state index contributed by atoms with van der Waals surface area (Å²) in [6.07, 6.45) is 1.91. The zero-order valence-electron chi connectivity index (χ0n) is 12.8. The number of thioether (sulfide) groups is 1. The van der Waals surface area contributed by atoms with Crippen molar-refractivity contribution in [1.29, 1.82) is 0 Å². The van der Waals surface area contributed by atoms with Crippen LogP contribution in [0, 0.1) is 5.41 Å². The van der Waals surface area contributed by atoms with E-state index in [0.29, 0.717) is 10.6 Å². The van der Waals surface area contributed by atoms with E-state index < -0.39 is 16.9 Å². The number of hydrogen-bond acceptors (Lipinski definition) is 3. The van der Waals surface area contributed by atoms with Crippen LogP contribution in [0.25, 0.3) is 0 Å². The third kappa shape index (κ3) is 3.71. The van der Waals surface area contributed by atoms with Crippen molar-refractivity contribution in [2.24, 2.45) is 5.41 Å². The standard InChI is InChI=1S/C15H20ClNO3S/c1-14(2,13(19)20)15(3,4)17-12(18)10-8-9(21-5)6-7-11(10)16/h6-8H,1-5H3,(H,17,18)(H,19,20). The van der Waals surface area contributed by atoms with Crippen LogP contribution in [-0.2, 0) is 4.79 Å². The molecule has 2 N–H and O–H groups in total. The summed E-state index contributed by atoms with van der Waals surface area (Å²) < 4.78 is 0. The molecule has 4 nitrogen and oxygen atoms in total. The van der Waals surface area contributed by atoms with E-state index in [1.165, 1.54) is 11.8 Å². The molecule has 0 atom stereocenters. The van der Waals surface area contributed by atoms with Crippen LogP contribution in [0.1, 0.15) is 38.1 Å². The van der Waals surface area contributed by atoms with E-state index in [2.05, 4.69) is 5.32 Å². The fraction of sp³-hybridized carbons (Fsp3) is 0.467. The summed E-state index contributed by atoms with van der Waals surface area (Å²) in [5.74, 6) is -1.35. The van der Waals surface area contributed by atoms with E-state index >= 15 is 0 Å². The molecule has 0 bridgehead atoms. The average Bonchev–Trinajstić information content (AvgIpc) is 2.38. The highest BCUT2D eigenvalue weighted by Gasteiger charge is 2.44. The molecule has 0 aliphatic rings. The van der Waals surface area contributed by atoms with Crippen molar-refractivity contribution >= 4 is 35.2 Å². The molecule has 0 radical (unpaired) electrons. The van der Waals surface area contributed by atoms with E-state index in [9.17, 15) is 14.7 Å². The second kappa shape index (κ2) is 6.28. The number of carbonyl (C=O) groups is 2. The zero-order chi connectivity index (χ0) is 16.4. The molecular formula is C15H20ClNO3S. The molecule has 0 aliphatic carbocycles. The quantitative estimate of drug-likeness (QED) is 0.809. The average molecular weight is 330 g/mol. The van der Waals surface area contributed by atoms with Gasteiger partial charge < -0.3 is 10.4 Å². The van der Waals surface area contributed by atoms with E-state index in [-0.39, 0.29) is 5.91 Å². The first-order valence-electron chi connectivity index (χ1n) is 6.42. The highest BCUT2D eigenvalue weighted by molar-refractivity contribution is 7.98. The van der Waals surface area contributed by atoms with Crippen molar-refractivity contribution in [3.8, 4) is 0 Å². The second-order valence-electron chi connectivity index (χ2n) is 5.86. The molecule has 0 aromatic heterocycles. The minimum Gasteiger partial charge on any atom is -0.481 e. The summed E-state index contributed by atoms with van der Waals surface area (Å²) in [6, 6.07) is 5.19. The molecule has 0 fully saturated rings. The van der Waals surface area contributed by atoms with Gasteiger partial charge in [0.2, 0.25) is 0 Å². The molecule has 1 aromatic carbocycles. The maximum absolute atomic E-state index is 12.4. The summed E-state index contributed by atoms with van der Waals surface area (Å²) in [5, 5.41) is 12.4. The molecule has 1 amide bonds. The first-order valence-corrected chi connectivity index (χ1v) is 8.02. The molecule has 6 heteroatoms. The van der Waals surface area contributed by atoms with Gasteiger partial charge in [-0.1, -0.05) is 11.6 Å². The van der Waals surface area contributed by atoms with Gasteiger partial charge in [-0.2, -0.15) is 0 Å². The van der Waals surface area contributed by atoms with E-state index in [1.807, 2.05) is 12.3 Å². The summed E-state index contributed by atoms with van der Waals surface area (Å²) >= 11 is 7.57. The number of nitrogens with one attached hydrogen (secondary N) is 1. The fourth-order valence-corrected chi connectivity index (χ4v) is 2.22. The highest BCUT2D eigenvalue weighted by Crippen LogP contribution is 2.32. The summed E-state index contributed by atoms with van der Waals surface area (Å²) in [7, 11) is 0. The van der Waals surface area contributed by atoms with E-state index in [1.54, 1.807) is 39.8 Å². The Bertz CT molecular complexity index is 570. The number of carbonyl (C=O) groups excluding carboxylic acids is 1. The van der Waals surface area contributed by atoms with Crippen molar-refractivity contribution in [2.45, 2.75) is 38.1 Å². The molecule has 21 heavy (non-hydrogen) atoms. The Labute approximate surface area is 134 Å². The first-order chi connectivity index (χ1) is 9.52. The Morgan fingerprint density at radius 1 is 1.24 bits per heavy atom. The Hall–Kier alpha value is -1.20. The first kappa shape index (κ1) is 17.9. The third-order valence-corrected chi connectivity index (χ3v) is 5.00. The van der Waals surface area contributed by atoms with Gasteiger partial charge in [-0.15, -0.1) is 11.8 Å². The molecule has 0 saturated carbocycles. The lowest BCUT2D eigenvalue weighted by Crippen LogP contribution is -2.57. The Balaban J connectivity index is 3.08. The lowest BCUT2D eigenvalue weighted by Gasteiger charge is -2.38. The zero-order valence-corrected chi connectivity index (χ0v) is 14.4. The minimum atomic E-state index is -1.12.